The number of rotatable bonds is 6. The molecule has 6 heteroatoms. The highest BCUT2D eigenvalue weighted by Gasteiger charge is 2.39. The van der Waals surface area contributed by atoms with Gasteiger partial charge in [-0.1, -0.05) is 50.8 Å². The predicted molar refractivity (Wildman–Crippen MR) is 95.6 cm³/mol. The van der Waals surface area contributed by atoms with Crippen molar-refractivity contribution in [3.8, 4) is 0 Å². The van der Waals surface area contributed by atoms with Crippen LogP contribution in [0.25, 0.3) is 5.57 Å². The summed E-state index contributed by atoms with van der Waals surface area (Å²) >= 11 is 0.808. The van der Waals surface area contributed by atoms with Crippen LogP contribution in [-0.2, 0) is 9.59 Å². The second kappa shape index (κ2) is 7.21. The van der Waals surface area contributed by atoms with Gasteiger partial charge in [0.2, 0.25) is 0 Å². The Morgan fingerprint density at radius 3 is 2.50 bits per heavy atom. The Bertz CT molecular complexity index is 727. The molecular weight excluding hydrogens is 324 g/mol. The number of carbonyl (C=O) groups is 3. The van der Waals surface area contributed by atoms with Crippen LogP contribution in [0.15, 0.2) is 29.2 Å². The summed E-state index contributed by atoms with van der Waals surface area (Å²) in [7, 11) is 0. The summed E-state index contributed by atoms with van der Waals surface area (Å²) in [6, 6.07) is 7.46. The summed E-state index contributed by atoms with van der Waals surface area (Å²) in [5.41, 5.74) is 1.92. The normalized spacial score (nSPS) is 19.9. The molecule has 1 aromatic carbocycles. The molecule has 2 aliphatic heterocycles. The molecule has 3 rings (SSSR count). The lowest BCUT2D eigenvalue weighted by atomic mass is 10.1. The Kier molecular flexibility index (Phi) is 5.04. The van der Waals surface area contributed by atoms with Gasteiger partial charge in [0, 0.05) is 12.1 Å². The number of imide groups is 1. The van der Waals surface area contributed by atoms with Crippen LogP contribution in [0, 0.1) is 0 Å². The van der Waals surface area contributed by atoms with Gasteiger partial charge in [-0.2, -0.15) is 0 Å². The lowest BCUT2D eigenvalue weighted by molar-refractivity contribution is -0.116. The van der Waals surface area contributed by atoms with E-state index in [0.29, 0.717) is 12.1 Å². The van der Waals surface area contributed by atoms with Gasteiger partial charge >= 0.3 is 0 Å². The molecule has 0 saturated carbocycles. The minimum absolute atomic E-state index is 0.181. The van der Waals surface area contributed by atoms with Crippen molar-refractivity contribution in [3.05, 3.63) is 34.7 Å². The van der Waals surface area contributed by atoms with E-state index in [1.54, 1.807) is 4.90 Å². The van der Waals surface area contributed by atoms with Crippen molar-refractivity contribution in [2.45, 2.75) is 39.0 Å². The van der Waals surface area contributed by atoms with Gasteiger partial charge in [-0.25, -0.2) is 0 Å². The van der Waals surface area contributed by atoms with Gasteiger partial charge in [-0.3, -0.25) is 19.7 Å². The van der Waals surface area contributed by atoms with Gasteiger partial charge in [0.15, 0.2) is 0 Å². The molecule has 2 aliphatic rings. The van der Waals surface area contributed by atoms with Crippen LogP contribution in [0.2, 0.25) is 0 Å². The van der Waals surface area contributed by atoms with Crippen LogP contribution in [0.3, 0.4) is 0 Å². The molecule has 1 fully saturated rings. The first-order valence-corrected chi connectivity index (χ1v) is 9.14. The Morgan fingerprint density at radius 2 is 1.79 bits per heavy atom. The van der Waals surface area contributed by atoms with Gasteiger partial charge in [-0.05, 0) is 24.2 Å². The average Bonchev–Trinajstić information content (AvgIpc) is 3.03. The van der Waals surface area contributed by atoms with E-state index in [1.807, 2.05) is 24.3 Å². The monoisotopic (exact) mass is 344 g/mol. The minimum Gasteiger partial charge on any atom is -0.308 e. The maximum Gasteiger partial charge on any atom is 0.290 e. The third-order valence-electron chi connectivity index (χ3n) is 4.25. The third-order valence-corrected chi connectivity index (χ3v) is 5.13. The van der Waals surface area contributed by atoms with Crippen molar-refractivity contribution in [1.29, 1.82) is 0 Å². The smallest absolute Gasteiger partial charge is 0.290 e. The summed E-state index contributed by atoms with van der Waals surface area (Å²) in [5, 5.41) is 1.81. The van der Waals surface area contributed by atoms with Crippen LogP contribution in [0.4, 0.5) is 10.5 Å². The number of hydrogen-bond donors (Lipinski definition) is 1. The largest absolute Gasteiger partial charge is 0.308 e. The second-order valence-electron chi connectivity index (χ2n) is 5.94. The molecule has 2 heterocycles. The Balaban J connectivity index is 1.86. The van der Waals surface area contributed by atoms with Gasteiger partial charge in [0.05, 0.1) is 16.2 Å². The van der Waals surface area contributed by atoms with E-state index in [0.717, 1.165) is 35.9 Å². The van der Waals surface area contributed by atoms with E-state index in [1.165, 1.54) is 19.3 Å². The zero-order valence-electron chi connectivity index (χ0n) is 13.6. The van der Waals surface area contributed by atoms with Crippen molar-refractivity contribution in [2.24, 2.45) is 0 Å². The fourth-order valence-electron chi connectivity index (χ4n) is 3.07. The number of para-hydroxylation sites is 1. The maximum atomic E-state index is 12.9. The van der Waals surface area contributed by atoms with E-state index >= 15 is 0 Å². The summed E-state index contributed by atoms with van der Waals surface area (Å²) in [4.78, 5) is 38.3. The number of nitrogens with one attached hydrogen (secondary N) is 1. The highest BCUT2D eigenvalue weighted by Crippen LogP contribution is 2.42. The molecule has 1 N–H and O–H groups in total. The molecule has 0 spiro atoms. The molecule has 3 amide bonds. The van der Waals surface area contributed by atoms with E-state index < -0.39 is 11.1 Å². The topological polar surface area (TPSA) is 66.5 Å². The van der Waals surface area contributed by atoms with Crippen LogP contribution in [-0.4, -0.2) is 23.6 Å². The zero-order chi connectivity index (χ0) is 17.1. The summed E-state index contributed by atoms with van der Waals surface area (Å²) in [5.74, 6) is -0.660. The van der Waals surface area contributed by atoms with E-state index in [-0.39, 0.29) is 10.8 Å². The number of hydrogen-bond acceptors (Lipinski definition) is 4. The summed E-state index contributed by atoms with van der Waals surface area (Å²) < 4.78 is 0. The number of anilines is 1. The maximum absolute atomic E-state index is 12.9. The molecule has 0 bridgehead atoms. The average molecular weight is 344 g/mol. The third kappa shape index (κ3) is 3.11. The van der Waals surface area contributed by atoms with Gasteiger partial charge in [0.25, 0.3) is 17.1 Å². The van der Waals surface area contributed by atoms with Crippen LogP contribution >= 0.6 is 11.8 Å². The molecule has 0 aromatic heterocycles. The number of amides is 3. The standard InChI is InChI=1S/C18H20N2O3S/c1-2-3-4-5-8-11-20-13-10-7-6-9-12(13)14(17(20)22)15-16(21)19-18(23)24-15/h6-7,9-10H,2-5,8,11H2,1H3,(H,19,21,23). The lowest BCUT2D eigenvalue weighted by Gasteiger charge is -2.16. The molecule has 126 valence electrons. The lowest BCUT2D eigenvalue weighted by Crippen LogP contribution is -2.28. The molecular formula is C18H20N2O3S. The molecule has 1 saturated heterocycles. The van der Waals surface area contributed by atoms with E-state index in [2.05, 4.69) is 12.2 Å². The first-order chi connectivity index (χ1) is 11.6. The molecule has 0 unspecified atom stereocenters. The Morgan fingerprint density at radius 1 is 1.04 bits per heavy atom. The number of nitrogens with zero attached hydrogens (tertiary/aromatic N) is 1. The first kappa shape index (κ1) is 16.8. The van der Waals surface area contributed by atoms with E-state index in [4.69, 9.17) is 0 Å². The van der Waals surface area contributed by atoms with Crippen LogP contribution in [0.5, 0.6) is 0 Å². The fraction of sp³-hybridized carbons (Fsp3) is 0.389. The predicted octanol–water partition coefficient (Wildman–Crippen LogP) is 3.70. The van der Waals surface area contributed by atoms with Gasteiger partial charge in [0.1, 0.15) is 0 Å². The van der Waals surface area contributed by atoms with Crippen molar-refractivity contribution >= 4 is 40.1 Å². The Labute approximate surface area is 145 Å². The number of thioether (sulfide) groups is 1. The van der Waals surface area contributed by atoms with Crippen molar-refractivity contribution in [3.63, 3.8) is 0 Å². The quantitative estimate of drug-likeness (QED) is 0.631. The highest BCUT2D eigenvalue weighted by atomic mass is 32.2. The molecule has 5 nitrogen and oxygen atoms in total. The number of carbonyl (C=O) groups excluding carboxylic acids is 3. The van der Waals surface area contributed by atoms with Gasteiger partial charge < -0.3 is 4.90 Å². The molecule has 0 radical (unpaired) electrons. The number of fused-ring (bicyclic) bond motifs is 1. The van der Waals surface area contributed by atoms with Crippen LogP contribution < -0.4 is 10.2 Å². The van der Waals surface area contributed by atoms with Crippen molar-refractivity contribution < 1.29 is 14.4 Å². The Hall–Kier alpha value is -2.08. The number of unbranched alkanes of at least 4 members (excludes halogenated alkanes) is 4. The van der Waals surface area contributed by atoms with E-state index in [9.17, 15) is 14.4 Å². The van der Waals surface area contributed by atoms with Crippen molar-refractivity contribution in [1.82, 2.24) is 5.32 Å². The SMILES string of the molecule is CCCCCCCN1C(=O)C(=C2SC(=O)NC2=O)c2ccccc21. The molecule has 0 aliphatic carbocycles. The van der Waals surface area contributed by atoms with Crippen molar-refractivity contribution in [2.75, 3.05) is 11.4 Å². The summed E-state index contributed by atoms with van der Waals surface area (Å²) in [6.07, 6.45) is 5.57. The zero-order valence-corrected chi connectivity index (χ0v) is 14.4. The molecule has 24 heavy (non-hydrogen) atoms. The molecule has 1 aromatic rings. The van der Waals surface area contributed by atoms with Crippen LogP contribution in [0.1, 0.15) is 44.6 Å². The first-order valence-electron chi connectivity index (χ1n) is 8.32. The minimum atomic E-state index is -0.479. The molecule has 0 atom stereocenters. The summed E-state index contributed by atoms with van der Waals surface area (Å²) in [6.45, 7) is 2.81. The number of benzene rings is 1. The second-order valence-corrected chi connectivity index (χ2v) is 6.92. The highest BCUT2D eigenvalue weighted by molar-refractivity contribution is 8.18. The van der Waals surface area contributed by atoms with Gasteiger partial charge in [-0.15, -0.1) is 0 Å². The fourth-order valence-corrected chi connectivity index (χ4v) is 3.85.